The molecular weight excluding hydrogens is 188 g/mol. The molecule has 1 aromatic carbocycles. The van der Waals surface area contributed by atoms with Crippen LogP contribution in [0.3, 0.4) is 0 Å². The Hall–Kier alpha value is -2.11. The first-order valence-electron chi connectivity index (χ1n) is 3.69. The van der Waals surface area contributed by atoms with Crippen molar-refractivity contribution in [3.8, 4) is 5.75 Å². The van der Waals surface area contributed by atoms with Crippen LogP contribution in [-0.4, -0.2) is 23.5 Å². The highest BCUT2D eigenvalue weighted by atomic mass is 16.6. The van der Waals surface area contributed by atoms with Gasteiger partial charge in [-0.2, -0.15) is 0 Å². The zero-order valence-electron chi connectivity index (χ0n) is 7.38. The molecule has 14 heavy (non-hydrogen) atoms. The molecule has 0 amide bonds. The molecule has 0 unspecified atom stereocenters. The Labute approximate surface area is 79.6 Å². The molecule has 1 aromatic rings. The molecule has 1 N–H and O–H groups in total. The standard InChI is InChI=1S/C8H8N2O4/c1-14-8-3-2-7(10(12)13)4-6(8)5-9-11/h2-5,11H,1H3. The molecule has 0 spiro atoms. The summed E-state index contributed by atoms with van der Waals surface area (Å²) in [7, 11) is 1.43. The van der Waals surface area contributed by atoms with E-state index in [1.165, 1.54) is 25.3 Å². The van der Waals surface area contributed by atoms with Gasteiger partial charge in [-0.25, -0.2) is 0 Å². The van der Waals surface area contributed by atoms with Gasteiger partial charge in [-0.15, -0.1) is 0 Å². The quantitative estimate of drug-likeness (QED) is 0.343. The largest absolute Gasteiger partial charge is 0.496 e. The summed E-state index contributed by atoms with van der Waals surface area (Å²) in [5.41, 5.74) is 0.268. The van der Waals surface area contributed by atoms with Crippen LogP contribution in [0.25, 0.3) is 0 Å². The number of oxime groups is 1. The van der Waals surface area contributed by atoms with Crippen molar-refractivity contribution in [2.45, 2.75) is 0 Å². The summed E-state index contributed by atoms with van der Waals surface area (Å²) in [4.78, 5) is 9.88. The smallest absolute Gasteiger partial charge is 0.270 e. The van der Waals surface area contributed by atoms with Gasteiger partial charge in [0.1, 0.15) is 5.75 Å². The number of benzene rings is 1. The first-order valence-corrected chi connectivity index (χ1v) is 3.69. The van der Waals surface area contributed by atoms with Gasteiger partial charge in [-0.3, -0.25) is 10.1 Å². The second-order valence-corrected chi connectivity index (χ2v) is 2.43. The minimum atomic E-state index is -0.534. The number of non-ortho nitro benzene ring substituents is 1. The van der Waals surface area contributed by atoms with E-state index in [-0.39, 0.29) is 5.69 Å². The maximum Gasteiger partial charge on any atom is 0.270 e. The van der Waals surface area contributed by atoms with Crippen molar-refractivity contribution in [1.82, 2.24) is 0 Å². The molecule has 74 valence electrons. The third kappa shape index (κ3) is 1.98. The van der Waals surface area contributed by atoms with Gasteiger partial charge in [0.25, 0.3) is 5.69 Å². The number of ether oxygens (including phenoxy) is 1. The highest BCUT2D eigenvalue weighted by molar-refractivity contribution is 5.84. The van der Waals surface area contributed by atoms with E-state index in [1.807, 2.05) is 0 Å². The Morgan fingerprint density at radius 2 is 2.36 bits per heavy atom. The molecule has 0 fully saturated rings. The highest BCUT2D eigenvalue weighted by Crippen LogP contribution is 2.22. The lowest BCUT2D eigenvalue weighted by atomic mass is 10.2. The first kappa shape index (κ1) is 9.97. The van der Waals surface area contributed by atoms with Gasteiger partial charge in [0.2, 0.25) is 0 Å². The van der Waals surface area contributed by atoms with Crippen LogP contribution in [0.4, 0.5) is 5.69 Å². The molecule has 0 radical (unpaired) electrons. The Balaban J connectivity index is 3.20. The van der Waals surface area contributed by atoms with E-state index in [9.17, 15) is 10.1 Å². The van der Waals surface area contributed by atoms with Crippen molar-refractivity contribution in [1.29, 1.82) is 0 Å². The molecule has 0 aliphatic heterocycles. The van der Waals surface area contributed by atoms with Crippen LogP contribution in [0.15, 0.2) is 23.4 Å². The highest BCUT2D eigenvalue weighted by Gasteiger charge is 2.09. The summed E-state index contributed by atoms with van der Waals surface area (Å²) in [6.07, 6.45) is 1.08. The van der Waals surface area contributed by atoms with Gasteiger partial charge >= 0.3 is 0 Å². The minimum Gasteiger partial charge on any atom is -0.496 e. The van der Waals surface area contributed by atoms with Gasteiger partial charge in [-0.05, 0) is 6.07 Å². The zero-order valence-corrected chi connectivity index (χ0v) is 7.38. The average molecular weight is 196 g/mol. The van der Waals surface area contributed by atoms with Gasteiger partial charge in [-0.1, -0.05) is 5.16 Å². The number of nitrogens with zero attached hydrogens (tertiary/aromatic N) is 2. The molecule has 0 saturated carbocycles. The number of hydrogen-bond acceptors (Lipinski definition) is 5. The summed E-state index contributed by atoms with van der Waals surface area (Å²) in [6, 6.07) is 4.02. The summed E-state index contributed by atoms with van der Waals surface area (Å²) in [6.45, 7) is 0. The maximum atomic E-state index is 10.4. The van der Waals surface area contributed by atoms with Gasteiger partial charge < -0.3 is 9.94 Å². The fraction of sp³-hybridized carbons (Fsp3) is 0.125. The zero-order chi connectivity index (χ0) is 10.6. The summed E-state index contributed by atoms with van der Waals surface area (Å²) < 4.78 is 4.91. The molecule has 0 saturated heterocycles. The molecule has 0 aliphatic carbocycles. The van der Waals surface area contributed by atoms with Crippen LogP contribution < -0.4 is 4.74 Å². The maximum absolute atomic E-state index is 10.4. The van der Waals surface area contributed by atoms with E-state index in [0.29, 0.717) is 11.3 Å². The molecule has 0 heterocycles. The van der Waals surface area contributed by atoms with E-state index in [4.69, 9.17) is 9.94 Å². The monoisotopic (exact) mass is 196 g/mol. The number of nitro benzene ring substituents is 1. The molecule has 0 bridgehead atoms. The Bertz CT molecular complexity index is 376. The molecule has 0 aliphatic rings. The lowest BCUT2D eigenvalue weighted by Gasteiger charge is -2.02. The van der Waals surface area contributed by atoms with Crippen LogP contribution >= 0.6 is 0 Å². The van der Waals surface area contributed by atoms with Crippen LogP contribution in [0, 0.1) is 10.1 Å². The number of methoxy groups -OCH3 is 1. The predicted octanol–water partition coefficient (Wildman–Crippen LogP) is 1.41. The number of hydrogen-bond donors (Lipinski definition) is 1. The first-order chi connectivity index (χ1) is 6.69. The molecule has 1 rings (SSSR count). The second kappa shape index (κ2) is 4.22. The van der Waals surface area contributed by atoms with E-state index < -0.39 is 4.92 Å². The van der Waals surface area contributed by atoms with Crippen molar-refractivity contribution in [3.63, 3.8) is 0 Å². The third-order valence-electron chi connectivity index (χ3n) is 1.62. The summed E-state index contributed by atoms with van der Waals surface area (Å²) in [5.74, 6) is 0.411. The van der Waals surface area contributed by atoms with Crippen molar-refractivity contribution in [2.24, 2.45) is 5.16 Å². The summed E-state index contributed by atoms with van der Waals surface area (Å²) >= 11 is 0. The SMILES string of the molecule is COc1ccc([N+](=O)[O-])cc1C=NO. The molecular formula is C8H8N2O4. The molecule has 6 nitrogen and oxygen atoms in total. The lowest BCUT2D eigenvalue weighted by molar-refractivity contribution is -0.384. The summed E-state index contributed by atoms with van der Waals surface area (Å²) in [5, 5.41) is 21.5. The van der Waals surface area contributed by atoms with Crippen molar-refractivity contribution >= 4 is 11.9 Å². The van der Waals surface area contributed by atoms with Crippen LogP contribution in [-0.2, 0) is 0 Å². The van der Waals surface area contributed by atoms with Crippen LogP contribution in [0.5, 0.6) is 5.75 Å². The van der Waals surface area contributed by atoms with Crippen molar-refractivity contribution < 1.29 is 14.9 Å². The predicted molar refractivity (Wildman–Crippen MR) is 49.0 cm³/mol. The fourth-order valence-electron chi connectivity index (χ4n) is 0.998. The van der Waals surface area contributed by atoms with Crippen molar-refractivity contribution in [2.75, 3.05) is 7.11 Å². The topological polar surface area (TPSA) is 85.0 Å². The lowest BCUT2D eigenvalue weighted by Crippen LogP contribution is -1.94. The number of rotatable bonds is 3. The normalized spacial score (nSPS) is 10.4. The van der Waals surface area contributed by atoms with E-state index in [2.05, 4.69) is 5.16 Å². The van der Waals surface area contributed by atoms with E-state index >= 15 is 0 Å². The third-order valence-corrected chi connectivity index (χ3v) is 1.62. The van der Waals surface area contributed by atoms with Crippen LogP contribution in [0.2, 0.25) is 0 Å². The van der Waals surface area contributed by atoms with E-state index in [1.54, 1.807) is 0 Å². The Kier molecular flexibility index (Phi) is 3.01. The van der Waals surface area contributed by atoms with Gasteiger partial charge in [0.15, 0.2) is 0 Å². The van der Waals surface area contributed by atoms with E-state index in [0.717, 1.165) is 6.21 Å². The fourth-order valence-corrected chi connectivity index (χ4v) is 0.998. The molecule has 0 atom stereocenters. The Morgan fingerprint density at radius 1 is 1.64 bits per heavy atom. The number of nitro groups is 1. The minimum absolute atomic E-state index is 0.0827. The van der Waals surface area contributed by atoms with Gasteiger partial charge in [0, 0.05) is 17.7 Å². The Morgan fingerprint density at radius 3 is 2.86 bits per heavy atom. The molecule has 0 aromatic heterocycles. The average Bonchev–Trinajstić information content (AvgIpc) is 2.18. The van der Waals surface area contributed by atoms with Gasteiger partial charge in [0.05, 0.1) is 18.2 Å². The molecule has 6 heteroatoms. The second-order valence-electron chi connectivity index (χ2n) is 2.43. The van der Waals surface area contributed by atoms with Crippen molar-refractivity contribution in [3.05, 3.63) is 33.9 Å². The van der Waals surface area contributed by atoms with Crippen LogP contribution in [0.1, 0.15) is 5.56 Å².